The number of H-pyrrole nitrogens is 3. The van der Waals surface area contributed by atoms with Crippen molar-refractivity contribution >= 4 is 40.5 Å². The molecule has 12 aromatic carbocycles. The van der Waals surface area contributed by atoms with Crippen LogP contribution in [0.15, 0.2) is 315 Å². The van der Waals surface area contributed by atoms with Crippen molar-refractivity contribution in [2.24, 2.45) is 0 Å². The number of fused-ring (bicyclic) bond motifs is 12. The summed E-state index contributed by atoms with van der Waals surface area (Å²) in [5.41, 5.74) is 38.8. The van der Waals surface area contributed by atoms with Crippen LogP contribution >= 0.6 is 0 Å². The maximum Gasteiger partial charge on any atom is 0.148 e. The van der Waals surface area contributed by atoms with Gasteiger partial charge in [0.25, 0.3) is 0 Å². The van der Waals surface area contributed by atoms with Crippen LogP contribution in [0, 0.1) is 49.4 Å². The highest BCUT2D eigenvalue weighted by Crippen LogP contribution is 2.54. The molecule has 4 aliphatic carbocycles. The fourth-order valence-corrected chi connectivity index (χ4v) is 17.9. The van der Waals surface area contributed by atoms with E-state index in [0.29, 0.717) is 0 Å². The quantitative estimate of drug-likeness (QED) is 0.0450. The molecule has 4 heterocycles. The lowest BCUT2D eigenvalue weighted by atomic mass is 9.64. The molecule has 0 unspecified atom stereocenters. The highest BCUT2D eigenvalue weighted by Gasteiger charge is 2.40. The number of hydrogen-bond acceptors (Lipinski definition) is 5. The number of benzene rings is 12. The van der Waals surface area contributed by atoms with Crippen LogP contribution in [0.4, 0.5) is 0 Å². The Morgan fingerprint density at radius 3 is 0.761 bits per heavy atom. The highest BCUT2D eigenvalue weighted by molar-refractivity contribution is 6.11. The molecule has 8 nitrogen and oxygen atoms in total. The number of nitrogens with one attached hydrogen (secondary N) is 4. The molecule has 0 atom stereocenters. The smallest absolute Gasteiger partial charge is 0.148 e. The van der Waals surface area contributed by atoms with E-state index in [1.54, 1.807) is 0 Å². The first-order valence-electron chi connectivity index (χ1n) is 39.3. The van der Waals surface area contributed by atoms with Crippen molar-refractivity contribution in [3.05, 3.63) is 399 Å². The number of terminal acetylenes is 4. The largest absolute Gasteiger partial charge is 0.481 e. The Labute approximate surface area is 681 Å². The summed E-state index contributed by atoms with van der Waals surface area (Å²) < 4.78 is 24.1. The van der Waals surface area contributed by atoms with Gasteiger partial charge >= 0.3 is 0 Å². The summed E-state index contributed by atoms with van der Waals surface area (Å²) in [7, 11) is 0. The topological polar surface area (TPSA) is 96.3 Å². The van der Waals surface area contributed by atoms with Gasteiger partial charge in [-0.2, -0.15) is 0 Å². The molecular formula is C109H74N4O4. The van der Waals surface area contributed by atoms with Crippen molar-refractivity contribution in [1.82, 2.24) is 20.3 Å². The van der Waals surface area contributed by atoms with Gasteiger partial charge in [-0.25, -0.2) is 0 Å². The van der Waals surface area contributed by atoms with Gasteiger partial charge in [-0.1, -0.05) is 200 Å². The molecule has 3 aromatic heterocycles. The maximum atomic E-state index is 6.04. The van der Waals surface area contributed by atoms with Crippen LogP contribution in [0.25, 0.3) is 130 Å². The highest BCUT2D eigenvalue weighted by atomic mass is 16.5. The Balaban J connectivity index is 0.749. The molecule has 1 aliphatic heterocycles. The molecule has 20 rings (SSSR count). The number of aromatic nitrogens is 3. The number of hydrogen-bond donors (Lipinski definition) is 4. The fourth-order valence-electron chi connectivity index (χ4n) is 17.9. The third kappa shape index (κ3) is 12.7. The summed E-state index contributed by atoms with van der Waals surface area (Å²) in [6.45, 7) is 1.63. The van der Waals surface area contributed by atoms with E-state index < -0.39 is 5.41 Å². The van der Waals surface area contributed by atoms with E-state index in [-0.39, 0.29) is 26.4 Å². The Kier molecular flexibility index (Phi) is 18.0. The Bertz CT molecular complexity index is 6330. The summed E-state index contributed by atoms with van der Waals surface area (Å²) in [4.78, 5) is 10.3. The Morgan fingerprint density at radius 1 is 0.274 bits per heavy atom. The predicted molar refractivity (Wildman–Crippen MR) is 477 cm³/mol. The predicted octanol–water partition coefficient (Wildman–Crippen LogP) is 23.8. The summed E-state index contributed by atoms with van der Waals surface area (Å²) in [6.07, 6.45) is 40.9. The lowest BCUT2D eigenvalue weighted by Crippen LogP contribution is -2.31. The Morgan fingerprint density at radius 2 is 0.521 bits per heavy atom. The summed E-state index contributed by atoms with van der Waals surface area (Å²) in [5.74, 6) is 13.5. The van der Waals surface area contributed by atoms with Crippen molar-refractivity contribution in [3.8, 4) is 161 Å². The molecule has 0 amide bonds. The lowest BCUT2D eigenvalue weighted by Gasteiger charge is -2.37. The number of ether oxygens (including phenoxy) is 4. The second-order valence-corrected chi connectivity index (χ2v) is 29.9. The Hall–Kier alpha value is -15.6. The first-order valence-corrected chi connectivity index (χ1v) is 39.3. The van der Waals surface area contributed by atoms with E-state index in [0.717, 1.165) is 231 Å². The van der Waals surface area contributed by atoms with Gasteiger partial charge in [0, 0.05) is 47.9 Å². The molecule has 8 heteroatoms. The molecule has 554 valence electrons. The van der Waals surface area contributed by atoms with Crippen LogP contribution < -0.4 is 24.3 Å². The first-order chi connectivity index (χ1) is 57.7. The van der Waals surface area contributed by atoms with Crippen LogP contribution in [-0.2, 0) is 5.41 Å². The molecule has 0 spiro atoms. The van der Waals surface area contributed by atoms with E-state index in [4.69, 9.17) is 44.6 Å². The fraction of sp³-hybridized carbons (Fsp3) is 0.0642. The van der Waals surface area contributed by atoms with Gasteiger partial charge in [0.15, 0.2) is 0 Å². The van der Waals surface area contributed by atoms with E-state index in [1.165, 1.54) is 5.56 Å². The minimum Gasteiger partial charge on any atom is -0.481 e. The molecule has 117 heavy (non-hydrogen) atoms. The molecule has 0 radical (unpaired) electrons. The zero-order valence-corrected chi connectivity index (χ0v) is 63.9. The van der Waals surface area contributed by atoms with Crippen molar-refractivity contribution < 1.29 is 18.9 Å². The van der Waals surface area contributed by atoms with Crippen molar-refractivity contribution in [3.63, 3.8) is 0 Å². The second kappa shape index (κ2) is 29.8. The van der Waals surface area contributed by atoms with Gasteiger partial charge in [-0.3, -0.25) is 0 Å². The van der Waals surface area contributed by atoms with Crippen LogP contribution in [0.3, 0.4) is 0 Å². The van der Waals surface area contributed by atoms with Gasteiger partial charge in [0.2, 0.25) is 0 Å². The number of allylic oxidation sites excluding steroid dienone is 1. The van der Waals surface area contributed by atoms with Crippen molar-refractivity contribution in [2.45, 2.75) is 11.8 Å². The van der Waals surface area contributed by atoms with Crippen LogP contribution in [0.1, 0.15) is 90.3 Å². The van der Waals surface area contributed by atoms with Crippen molar-refractivity contribution in [1.29, 1.82) is 0 Å². The summed E-state index contributed by atoms with van der Waals surface area (Å²) in [5, 5.41) is 3.61. The van der Waals surface area contributed by atoms with E-state index in [2.05, 4.69) is 311 Å². The van der Waals surface area contributed by atoms with Gasteiger partial charge in [0.05, 0.1) is 5.41 Å². The molecule has 0 fully saturated rings. The van der Waals surface area contributed by atoms with E-state index >= 15 is 0 Å². The lowest BCUT2D eigenvalue weighted by molar-refractivity contribution is 0.370. The van der Waals surface area contributed by atoms with Gasteiger partial charge in [0.1, 0.15) is 49.4 Å². The van der Waals surface area contributed by atoms with Crippen LogP contribution in [0.2, 0.25) is 0 Å². The second-order valence-electron chi connectivity index (χ2n) is 29.9. The average molecular weight is 1500 g/mol. The van der Waals surface area contributed by atoms with Crippen molar-refractivity contribution in [2.75, 3.05) is 33.0 Å². The summed E-state index contributed by atoms with van der Waals surface area (Å²) in [6, 6.07) is 102. The summed E-state index contributed by atoms with van der Waals surface area (Å²) >= 11 is 0. The molecule has 0 saturated heterocycles. The molecule has 15 aromatic rings. The van der Waals surface area contributed by atoms with E-state index in [1.807, 2.05) is 61.1 Å². The molecular weight excluding hydrogens is 1430 g/mol. The number of aromatic amines is 3. The molecule has 0 saturated carbocycles. The zero-order chi connectivity index (χ0) is 78.5. The van der Waals surface area contributed by atoms with Crippen LogP contribution in [-0.4, -0.2) is 47.9 Å². The van der Waals surface area contributed by atoms with Gasteiger partial charge in [-0.15, -0.1) is 25.7 Å². The van der Waals surface area contributed by atoms with E-state index in [9.17, 15) is 0 Å². The minimum absolute atomic E-state index is 0.180. The number of rotatable bonds is 20. The first kappa shape index (κ1) is 70.5. The SMILES string of the molecule is C#CCOc1ccc2c(c1)/C(=C\C1=CCCN1)c1cc(-c3ccc(C(c4ccc(-c5ccc6c(c5)/C(=C/c5ccc[nH]5)c5cc(OCC#C)ccc5-6)cc4)(c4ccc(-c5ccc6c(c5)/C(=C/c5ccc[nH]5)c5cc(OCC#C)ccc5-6)cc4)c4ccc(-c5ccc6c(c5)/C(=C/c5ccc[nH]5)c5cc(OCC#C)ccc5-6)cc4)cc3)ccc1-2. The average Bonchev–Trinajstić information content (AvgIpc) is 1.64. The minimum atomic E-state index is -0.926. The van der Waals surface area contributed by atoms with Crippen LogP contribution in [0.5, 0.6) is 23.0 Å². The standard InChI is InChI=1S/C109H74N4O4/c1-5-53-114-85-37-45-93-89-41-25-73(57-97(89)101(105(93)65-85)61-81-13-9-49-110-81)69-17-29-77(30-18-69)109(78-31-19-70(20-32-78)74-26-42-90-94-46-38-86(115-54-6-2)66-106(94)102(98(90)58-74)62-82-14-10-50-111-82,79-33-21-71(22-34-79)75-27-43-91-95-47-39-87(116-55-7-3)67-107(95)103(99(91)59-75)63-83-15-11-51-112-83)80-35-23-72(24-36-80)76-28-44-92-96-48-40-88(117-56-8-4)68-108(96)104(100(92)60-76)64-84-16-12-52-113-84/h1-4,9-11,13-51,57-68,110-113H,12,52-56H2/b101-61-,102-62-,103-63-,104-64-. The third-order valence-electron chi connectivity index (χ3n) is 23.3. The van der Waals surface area contributed by atoms with Gasteiger partial charge < -0.3 is 39.2 Å². The third-order valence-corrected chi connectivity index (χ3v) is 23.3. The molecule has 5 aliphatic rings. The van der Waals surface area contributed by atoms with Gasteiger partial charge in [-0.05, 0) is 318 Å². The monoisotopic (exact) mass is 1500 g/mol. The molecule has 4 N–H and O–H groups in total. The maximum absolute atomic E-state index is 6.04. The zero-order valence-electron chi connectivity index (χ0n) is 63.9. The molecule has 0 bridgehead atoms. The normalized spacial score (nSPS) is 14.2.